The Bertz CT molecular complexity index is 1550. The van der Waals surface area contributed by atoms with Gasteiger partial charge in [-0.25, -0.2) is 17.9 Å². The monoisotopic (exact) mass is 674 g/mol. The first kappa shape index (κ1) is 35.8. The van der Waals surface area contributed by atoms with Crippen molar-refractivity contribution in [2.24, 2.45) is 40.2 Å². The van der Waals surface area contributed by atoms with Crippen LogP contribution < -0.4 is 26.4 Å². The molecule has 1 aromatic rings. The van der Waals surface area contributed by atoms with Crippen molar-refractivity contribution in [1.29, 1.82) is 0 Å². The van der Waals surface area contributed by atoms with Crippen molar-refractivity contribution >= 4 is 45.5 Å². The highest BCUT2D eigenvalue weighted by atomic mass is 32.2. The highest BCUT2D eigenvalue weighted by Gasteiger charge is 2.70. The number of sulfonamides is 1. The van der Waals surface area contributed by atoms with Crippen molar-refractivity contribution in [3.63, 3.8) is 0 Å². The van der Waals surface area contributed by atoms with Gasteiger partial charge in [-0.05, 0) is 59.5 Å². The van der Waals surface area contributed by atoms with Gasteiger partial charge in [0.2, 0.25) is 17.6 Å². The Morgan fingerprint density at radius 3 is 2.06 bits per heavy atom. The minimum atomic E-state index is -4.21. The van der Waals surface area contributed by atoms with E-state index in [-0.39, 0.29) is 34.6 Å². The number of piperidine rings is 1. The zero-order chi connectivity index (χ0) is 35.2. The van der Waals surface area contributed by atoms with E-state index in [4.69, 9.17) is 5.73 Å². The zero-order valence-corrected chi connectivity index (χ0v) is 28.6. The van der Waals surface area contributed by atoms with E-state index in [9.17, 15) is 37.2 Å². The molecule has 4 rings (SSSR count). The van der Waals surface area contributed by atoms with Crippen molar-refractivity contribution in [1.82, 2.24) is 25.6 Å². The predicted molar refractivity (Wildman–Crippen MR) is 170 cm³/mol. The van der Waals surface area contributed by atoms with Gasteiger partial charge in [-0.2, -0.15) is 0 Å². The summed E-state index contributed by atoms with van der Waals surface area (Å²) >= 11 is 0. The van der Waals surface area contributed by atoms with Crippen LogP contribution in [0.1, 0.15) is 61.3 Å². The molecule has 14 nitrogen and oxygen atoms in total. The summed E-state index contributed by atoms with van der Waals surface area (Å²) in [5.41, 5.74) is 4.14. The average molecular weight is 675 g/mol. The number of nitrogens with one attached hydrogen (secondary N) is 4. The molecule has 47 heavy (non-hydrogen) atoms. The lowest BCUT2D eigenvalue weighted by Crippen LogP contribution is -2.62. The summed E-state index contributed by atoms with van der Waals surface area (Å²) in [5, 5.41) is 7.88. The van der Waals surface area contributed by atoms with E-state index in [1.54, 1.807) is 40.7 Å². The van der Waals surface area contributed by atoms with Crippen molar-refractivity contribution < 1.29 is 37.2 Å². The molecule has 0 aromatic heterocycles. The van der Waals surface area contributed by atoms with E-state index in [1.807, 2.05) is 18.6 Å². The molecule has 1 aromatic carbocycles. The molecular weight excluding hydrogens is 628 g/mol. The van der Waals surface area contributed by atoms with Crippen LogP contribution in [-0.2, 0) is 34.0 Å². The third-order valence-corrected chi connectivity index (χ3v) is 11.0. The molecule has 1 saturated heterocycles. The molecule has 0 radical (unpaired) electrons. The number of likely N-dealkylation sites (tertiary alicyclic amines) is 1. The molecule has 3 fully saturated rings. The summed E-state index contributed by atoms with van der Waals surface area (Å²) in [7, 11) is -4.21. The van der Waals surface area contributed by atoms with Crippen molar-refractivity contribution in [3.05, 3.63) is 30.3 Å². The molecule has 3 aliphatic rings. The summed E-state index contributed by atoms with van der Waals surface area (Å²) in [6, 6.07) is 2.00. The SMILES string of the molecule is CC(C)[C@H](NC(=O)N[C@H](C(=O)N1C[C@H]2[C@@H]([C@H]1C(=O)NC(C(=O)C(N)=O)C1CC1)C2(C)C)C(C)(C)C)C(=O)NS(=O)(=O)c1ccccc1. The van der Waals surface area contributed by atoms with Crippen LogP contribution in [0.4, 0.5) is 4.79 Å². The number of hydrogen-bond acceptors (Lipinski definition) is 8. The average Bonchev–Trinajstić information content (AvgIpc) is 3.85. The molecule has 2 saturated carbocycles. The van der Waals surface area contributed by atoms with Gasteiger partial charge in [0, 0.05) is 6.54 Å². The number of primary amides is 1. The third kappa shape index (κ3) is 7.60. The first-order valence-electron chi connectivity index (χ1n) is 15.8. The highest BCUT2D eigenvalue weighted by Crippen LogP contribution is 2.65. The number of nitrogens with zero attached hydrogens (tertiary/aromatic N) is 1. The molecule has 6 N–H and O–H groups in total. The van der Waals surface area contributed by atoms with E-state index >= 15 is 0 Å². The predicted octanol–water partition coefficient (Wildman–Crippen LogP) is 0.662. The van der Waals surface area contributed by atoms with E-state index < -0.39 is 81.0 Å². The summed E-state index contributed by atoms with van der Waals surface area (Å²) in [6.45, 7) is 12.7. The normalized spacial score (nSPS) is 23.5. The minimum absolute atomic E-state index is 0.00319. The van der Waals surface area contributed by atoms with Gasteiger partial charge in [0.1, 0.15) is 24.2 Å². The smallest absolute Gasteiger partial charge is 0.316 e. The first-order chi connectivity index (χ1) is 21.7. The maximum absolute atomic E-state index is 14.2. The number of nitrogens with two attached hydrogens (primary N) is 1. The lowest BCUT2D eigenvalue weighted by Gasteiger charge is -2.38. The Balaban J connectivity index is 1.51. The molecule has 0 spiro atoms. The van der Waals surface area contributed by atoms with Crippen LogP contribution in [0.25, 0.3) is 0 Å². The van der Waals surface area contributed by atoms with Crippen molar-refractivity contribution in [3.8, 4) is 0 Å². The second kappa shape index (κ2) is 12.9. The van der Waals surface area contributed by atoms with Crippen molar-refractivity contribution in [2.75, 3.05) is 6.54 Å². The van der Waals surface area contributed by atoms with Gasteiger partial charge in [-0.15, -0.1) is 0 Å². The summed E-state index contributed by atoms with van der Waals surface area (Å²) in [6.07, 6.45) is 1.32. The first-order valence-corrected chi connectivity index (χ1v) is 17.3. The largest absolute Gasteiger partial charge is 0.363 e. The molecule has 1 unspecified atom stereocenters. The second-order valence-corrected chi connectivity index (χ2v) is 16.5. The summed E-state index contributed by atoms with van der Waals surface area (Å²) < 4.78 is 27.5. The number of fused-ring (bicyclic) bond motifs is 1. The van der Waals surface area contributed by atoms with Gasteiger partial charge >= 0.3 is 6.03 Å². The molecule has 0 bridgehead atoms. The number of hydrogen-bond donors (Lipinski definition) is 5. The lowest BCUT2D eigenvalue weighted by molar-refractivity contribution is -0.145. The molecule has 1 aliphatic heterocycles. The Hall–Kier alpha value is -4.01. The number of rotatable bonds is 12. The van der Waals surface area contributed by atoms with Crippen LogP contribution in [-0.4, -0.2) is 79.5 Å². The molecule has 6 atom stereocenters. The van der Waals surface area contributed by atoms with Gasteiger partial charge in [0.25, 0.3) is 21.8 Å². The topological polar surface area (TPSA) is 214 Å². The molecule has 15 heteroatoms. The third-order valence-electron chi connectivity index (χ3n) is 9.59. The zero-order valence-electron chi connectivity index (χ0n) is 27.8. The molecular formula is C32H46N6O8S. The van der Waals surface area contributed by atoms with Gasteiger partial charge in [0.15, 0.2) is 0 Å². The summed E-state index contributed by atoms with van der Waals surface area (Å²) in [5.74, 6) is -4.99. The maximum atomic E-state index is 14.2. The number of ketones is 1. The Kier molecular flexibility index (Phi) is 9.83. The van der Waals surface area contributed by atoms with Crippen LogP contribution in [0.15, 0.2) is 35.2 Å². The highest BCUT2D eigenvalue weighted by molar-refractivity contribution is 7.90. The summed E-state index contributed by atoms with van der Waals surface area (Å²) in [4.78, 5) is 79.9. The fraction of sp³-hybridized carbons (Fsp3) is 0.625. The van der Waals surface area contributed by atoms with Crippen molar-refractivity contribution in [2.45, 2.75) is 90.4 Å². The van der Waals surface area contributed by atoms with Crippen LogP contribution >= 0.6 is 0 Å². The molecule has 1 heterocycles. The maximum Gasteiger partial charge on any atom is 0.316 e. The van der Waals surface area contributed by atoms with Crippen LogP contribution in [0.5, 0.6) is 0 Å². The number of carbonyl (C=O) groups excluding carboxylic acids is 6. The number of carbonyl (C=O) groups is 6. The fourth-order valence-electron chi connectivity index (χ4n) is 6.55. The van der Waals surface area contributed by atoms with E-state index in [2.05, 4.69) is 16.0 Å². The van der Waals surface area contributed by atoms with Gasteiger partial charge in [-0.3, -0.25) is 24.0 Å². The van der Waals surface area contributed by atoms with Gasteiger partial charge in [-0.1, -0.05) is 66.7 Å². The Labute approximate surface area is 275 Å². The Morgan fingerprint density at radius 2 is 1.55 bits per heavy atom. The van der Waals surface area contributed by atoms with Crippen LogP contribution in [0.2, 0.25) is 0 Å². The van der Waals surface area contributed by atoms with E-state index in [1.165, 1.54) is 29.2 Å². The second-order valence-electron chi connectivity index (χ2n) is 14.9. The van der Waals surface area contributed by atoms with Crippen LogP contribution in [0.3, 0.4) is 0 Å². The Morgan fingerprint density at radius 1 is 0.957 bits per heavy atom. The molecule has 6 amide bonds. The van der Waals surface area contributed by atoms with Crippen LogP contribution in [0, 0.1) is 34.5 Å². The fourth-order valence-corrected chi connectivity index (χ4v) is 7.58. The molecule has 258 valence electrons. The number of urea groups is 1. The van der Waals surface area contributed by atoms with Gasteiger partial charge in [0.05, 0.1) is 4.90 Å². The number of benzene rings is 1. The number of Topliss-reactive ketones (excluding diaryl/α,β-unsaturated/α-hetero) is 1. The number of amides is 6. The van der Waals surface area contributed by atoms with Gasteiger partial charge < -0.3 is 26.6 Å². The quantitative estimate of drug-likeness (QED) is 0.198. The molecule has 2 aliphatic carbocycles. The lowest BCUT2D eigenvalue weighted by atomic mass is 9.85. The minimum Gasteiger partial charge on any atom is -0.363 e. The van der Waals surface area contributed by atoms with E-state index in [0.717, 1.165) is 0 Å². The van der Waals surface area contributed by atoms with E-state index in [0.29, 0.717) is 12.8 Å². The standard InChI is InChI=1S/C32H46N6O8S/c1-16(2)21(27(41)37-47(45,46)18-11-9-8-10-12-18)35-30(44)36-25(31(3,4)5)29(43)38-15-19-20(32(19,6)7)23(38)28(42)34-22(17-13-14-17)24(39)26(33)40/h8-12,16-17,19-23,25H,13-15H2,1-7H3,(H2,33,40)(H,34,42)(H,37,41)(H2,35,36,44)/t19-,20-,21-,22?,23-,25+/m0/s1.